The maximum absolute atomic E-state index is 5.69. The van der Waals surface area contributed by atoms with Crippen LogP contribution in [0, 0.1) is 5.92 Å². The number of guanidine groups is 1. The average Bonchev–Trinajstić information content (AvgIpc) is 2.58. The summed E-state index contributed by atoms with van der Waals surface area (Å²) in [6.45, 7) is 5.61. The molecule has 3 N–H and O–H groups in total. The van der Waals surface area contributed by atoms with Crippen molar-refractivity contribution in [3.05, 3.63) is 18.2 Å². The molecular weight excluding hydrogens is 190 g/mol. The zero-order valence-electron chi connectivity index (χ0n) is 9.57. The molecule has 1 aromatic heterocycles. The average molecular weight is 209 g/mol. The minimum Gasteiger partial charge on any atom is -0.370 e. The SMILES string of the molecule is CC(C)CNC(N)=NCc1nccn1C. The molecule has 0 aliphatic rings. The summed E-state index contributed by atoms with van der Waals surface area (Å²) in [5.74, 6) is 1.95. The van der Waals surface area contributed by atoms with Crippen LogP contribution in [0.15, 0.2) is 17.4 Å². The summed E-state index contributed by atoms with van der Waals surface area (Å²) in [4.78, 5) is 8.35. The first-order valence-corrected chi connectivity index (χ1v) is 5.09. The molecule has 0 saturated heterocycles. The molecule has 1 aromatic rings. The predicted molar refractivity (Wildman–Crippen MR) is 61.4 cm³/mol. The summed E-state index contributed by atoms with van der Waals surface area (Å²) in [5, 5.41) is 3.05. The second-order valence-electron chi connectivity index (χ2n) is 3.93. The van der Waals surface area contributed by atoms with Crippen LogP contribution in [0.1, 0.15) is 19.7 Å². The van der Waals surface area contributed by atoms with Gasteiger partial charge in [0.05, 0.1) is 0 Å². The molecule has 0 saturated carbocycles. The molecular formula is C10H19N5. The quantitative estimate of drug-likeness (QED) is 0.560. The monoisotopic (exact) mass is 209 g/mol. The molecule has 0 aliphatic carbocycles. The van der Waals surface area contributed by atoms with Gasteiger partial charge < -0.3 is 15.6 Å². The number of hydrogen-bond donors (Lipinski definition) is 2. The number of nitrogens with zero attached hydrogens (tertiary/aromatic N) is 3. The Labute approximate surface area is 90.4 Å². The molecule has 0 aliphatic heterocycles. The van der Waals surface area contributed by atoms with Crippen LogP contribution in [0.4, 0.5) is 0 Å². The smallest absolute Gasteiger partial charge is 0.189 e. The lowest BCUT2D eigenvalue weighted by Gasteiger charge is -2.07. The molecule has 0 unspecified atom stereocenters. The first-order chi connectivity index (χ1) is 7.09. The van der Waals surface area contributed by atoms with Gasteiger partial charge in [-0.1, -0.05) is 13.8 Å². The fraction of sp³-hybridized carbons (Fsp3) is 0.600. The number of hydrogen-bond acceptors (Lipinski definition) is 2. The van der Waals surface area contributed by atoms with E-state index < -0.39 is 0 Å². The number of nitrogens with one attached hydrogen (secondary N) is 1. The third kappa shape index (κ3) is 4.01. The largest absolute Gasteiger partial charge is 0.370 e. The van der Waals surface area contributed by atoms with Crippen molar-refractivity contribution in [2.45, 2.75) is 20.4 Å². The topological polar surface area (TPSA) is 68.2 Å². The second kappa shape index (κ2) is 5.38. The summed E-state index contributed by atoms with van der Waals surface area (Å²) in [5.41, 5.74) is 5.69. The van der Waals surface area contributed by atoms with E-state index in [2.05, 4.69) is 29.1 Å². The van der Waals surface area contributed by atoms with E-state index in [1.807, 2.05) is 17.8 Å². The Kier molecular flexibility index (Phi) is 4.15. The molecule has 0 radical (unpaired) electrons. The normalized spacial score (nSPS) is 12.1. The maximum atomic E-state index is 5.69. The number of aromatic nitrogens is 2. The van der Waals surface area contributed by atoms with Crippen molar-refractivity contribution in [2.75, 3.05) is 6.54 Å². The Morgan fingerprint density at radius 1 is 1.67 bits per heavy atom. The molecule has 5 heteroatoms. The van der Waals surface area contributed by atoms with Gasteiger partial charge in [-0.2, -0.15) is 0 Å². The lowest BCUT2D eigenvalue weighted by atomic mass is 10.2. The van der Waals surface area contributed by atoms with E-state index in [1.165, 1.54) is 0 Å². The zero-order chi connectivity index (χ0) is 11.3. The van der Waals surface area contributed by atoms with Crippen LogP contribution in [0.25, 0.3) is 0 Å². The fourth-order valence-corrected chi connectivity index (χ4v) is 1.07. The number of rotatable bonds is 4. The van der Waals surface area contributed by atoms with Crippen LogP contribution in [0.3, 0.4) is 0 Å². The molecule has 15 heavy (non-hydrogen) atoms. The molecule has 0 amide bonds. The zero-order valence-corrected chi connectivity index (χ0v) is 9.57. The molecule has 1 rings (SSSR count). The van der Waals surface area contributed by atoms with E-state index >= 15 is 0 Å². The van der Waals surface area contributed by atoms with E-state index in [4.69, 9.17) is 5.73 Å². The second-order valence-corrected chi connectivity index (χ2v) is 3.93. The minimum atomic E-state index is 0.478. The Balaban J connectivity index is 2.40. The number of aryl methyl sites for hydroxylation is 1. The van der Waals surface area contributed by atoms with Crippen LogP contribution in [-0.4, -0.2) is 22.1 Å². The summed E-state index contributed by atoms with van der Waals surface area (Å²) >= 11 is 0. The number of nitrogens with two attached hydrogens (primary N) is 1. The third-order valence-corrected chi connectivity index (χ3v) is 2.00. The Morgan fingerprint density at radius 3 is 2.93 bits per heavy atom. The van der Waals surface area contributed by atoms with Crippen molar-refractivity contribution in [3.63, 3.8) is 0 Å². The van der Waals surface area contributed by atoms with Gasteiger partial charge in [0.1, 0.15) is 12.4 Å². The summed E-state index contributed by atoms with van der Waals surface area (Å²) in [6, 6.07) is 0. The van der Waals surface area contributed by atoms with Crippen molar-refractivity contribution >= 4 is 5.96 Å². The highest BCUT2D eigenvalue weighted by Gasteiger charge is 1.98. The molecule has 0 atom stereocenters. The van der Waals surface area contributed by atoms with Crippen molar-refractivity contribution in [1.82, 2.24) is 14.9 Å². The summed E-state index contributed by atoms with van der Waals surface area (Å²) < 4.78 is 1.93. The van der Waals surface area contributed by atoms with Crippen LogP contribution in [0.5, 0.6) is 0 Å². The van der Waals surface area contributed by atoms with Gasteiger partial charge in [-0.15, -0.1) is 0 Å². The van der Waals surface area contributed by atoms with Crippen LogP contribution in [-0.2, 0) is 13.6 Å². The summed E-state index contributed by atoms with van der Waals surface area (Å²) in [7, 11) is 1.94. The first-order valence-electron chi connectivity index (χ1n) is 5.09. The highest BCUT2D eigenvalue weighted by Crippen LogP contribution is 1.95. The Hall–Kier alpha value is -1.52. The fourth-order valence-electron chi connectivity index (χ4n) is 1.07. The lowest BCUT2D eigenvalue weighted by molar-refractivity contribution is 0.621. The highest BCUT2D eigenvalue weighted by atomic mass is 15.1. The molecule has 1 heterocycles. The van der Waals surface area contributed by atoms with Gasteiger partial charge in [-0.25, -0.2) is 9.98 Å². The Bertz CT molecular complexity index is 326. The molecule has 5 nitrogen and oxygen atoms in total. The van der Waals surface area contributed by atoms with Crippen LogP contribution in [0.2, 0.25) is 0 Å². The van der Waals surface area contributed by atoms with Crippen molar-refractivity contribution in [1.29, 1.82) is 0 Å². The van der Waals surface area contributed by atoms with Gasteiger partial charge >= 0.3 is 0 Å². The molecule has 0 bridgehead atoms. The molecule has 0 spiro atoms. The van der Waals surface area contributed by atoms with Crippen LogP contribution < -0.4 is 11.1 Å². The number of imidazole rings is 1. The van der Waals surface area contributed by atoms with Crippen molar-refractivity contribution in [3.8, 4) is 0 Å². The van der Waals surface area contributed by atoms with Gasteiger partial charge in [-0.3, -0.25) is 0 Å². The predicted octanol–water partition coefficient (Wildman–Crippen LogP) is 0.480. The van der Waals surface area contributed by atoms with Gasteiger partial charge in [0.25, 0.3) is 0 Å². The number of aliphatic imine (C=N–C) groups is 1. The van der Waals surface area contributed by atoms with Crippen LogP contribution >= 0.6 is 0 Å². The van der Waals surface area contributed by atoms with Gasteiger partial charge in [-0.05, 0) is 5.92 Å². The minimum absolute atomic E-state index is 0.478. The van der Waals surface area contributed by atoms with E-state index in [0.29, 0.717) is 18.4 Å². The lowest BCUT2D eigenvalue weighted by Crippen LogP contribution is -2.34. The third-order valence-electron chi connectivity index (χ3n) is 2.00. The van der Waals surface area contributed by atoms with Crippen molar-refractivity contribution in [2.24, 2.45) is 23.7 Å². The maximum Gasteiger partial charge on any atom is 0.189 e. The Morgan fingerprint density at radius 2 is 2.40 bits per heavy atom. The van der Waals surface area contributed by atoms with Gasteiger partial charge in [0, 0.05) is 26.0 Å². The van der Waals surface area contributed by atoms with Gasteiger partial charge in [0.15, 0.2) is 5.96 Å². The molecule has 84 valence electrons. The summed E-state index contributed by atoms with van der Waals surface area (Å²) in [6.07, 6.45) is 3.64. The van der Waals surface area contributed by atoms with E-state index in [0.717, 1.165) is 12.4 Å². The first kappa shape index (κ1) is 11.6. The van der Waals surface area contributed by atoms with E-state index in [1.54, 1.807) is 6.20 Å². The van der Waals surface area contributed by atoms with E-state index in [9.17, 15) is 0 Å². The molecule has 0 fully saturated rings. The van der Waals surface area contributed by atoms with Crippen molar-refractivity contribution < 1.29 is 0 Å². The molecule has 0 aromatic carbocycles. The van der Waals surface area contributed by atoms with E-state index in [-0.39, 0.29) is 0 Å². The van der Waals surface area contributed by atoms with Gasteiger partial charge in [0.2, 0.25) is 0 Å². The highest BCUT2D eigenvalue weighted by molar-refractivity contribution is 5.77. The standard InChI is InChI=1S/C10H19N5/c1-8(2)6-13-10(11)14-7-9-12-4-5-15(9)3/h4-5,8H,6-7H2,1-3H3,(H3,11,13,14).